The largest absolute Gasteiger partial charge is 0.490 e. The van der Waals surface area contributed by atoms with E-state index in [1.807, 2.05) is 32.2 Å². The predicted octanol–water partition coefficient (Wildman–Crippen LogP) is 5.42. The van der Waals surface area contributed by atoms with Crippen molar-refractivity contribution in [1.29, 1.82) is 0 Å². The van der Waals surface area contributed by atoms with Gasteiger partial charge in [0.2, 0.25) is 5.16 Å². The van der Waals surface area contributed by atoms with Crippen LogP contribution in [0.2, 0.25) is 15.1 Å². The van der Waals surface area contributed by atoms with Crippen molar-refractivity contribution in [2.45, 2.75) is 31.7 Å². The molecule has 0 saturated carbocycles. The van der Waals surface area contributed by atoms with Crippen molar-refractivity contribution in [1.82, 2.24) is 25.5 Å². The van der Waals surface area contributed by atoms with Crippen LogP contribution >= 0.6 is 46.6 Å². The number of tetrazole rings is 1. The highest BCUT2D eigenvalue weighted by molar-refractivity contribution is 7.99. The summed E-state index contributed by atoms with van der Waals surface area (Å²) in [6.45, 7) is 4.25. The third kappa shape index (κ3) is 7.15. The fourth-order valence-corrected chi connectivity index (χ4v) is 4.25. The number of hydrogen-bond acceptors (Lipinski definition) is 7. The summed E-state index contributed by atoms with van der Waals surface area (Å²) in [5.41, 5.74) is 1.91. The number of ether oxygens (including phenoxy) is 2. The van der Waals surface area contributed by atoms with Gasteiger partial charge in [0.1, 0.15) is 6.61 Å². The van der Waals surface area contributed by atoms with Gasteiger partial charge in [-0.05, 0) is 65.7 Å². The maximum Gasteiger partial charge on any atom is 0.209 e. The number of thioether (sulfide) groups is 1. The van der Waals surface area contributed by atoms with Crippen LogP contribution in [-0.2, 0) is 20.2 Å². The van der Waals surface area contributed by atoms with Crippen LogP contribution in [0.5, 0.6) is 11.5 Å². The first-order valence-corrected chi connectivity index (χ1v) is 12.2. The first-order valence-electron chi connectivity index (χ1n) is 10.1. The molecule has 0 bridgehead atoms. The summed E-state index contributed by atoms with van der Waals surface area (Å²) in [5.74, 6) is 2.05. The summed E-state index contributed by atoms with van der Waals surface area (Å²) in [7, 11) is 1.83. The Morgan fingerprint density at radius 3 is 2.56 bits per heavy atom. The van der Waals surface area contributed by atoms with Crippen molar-refractivity contribution in [3.8, 4) is 11.5 Å². The monoisotopic (exact) mass is 515 g/mol. The number of nitrogens with one attached hydrogen (secondary N) is 1. The highest BCUT2D eigenvalue weighted by atomic mass is 35.5. The molecule has 0 aliphatic carbocycles. The van der Waals surface area contributed by atoms with Crippen molar-refractivity contribution in [3.63, 3.8) is 0 Å². The number of aromatic nitrogens is 4. The molecule has 0 aliphatic heterocycles. The van der Waals surface area contributed by atoms with Gasteiger partial charge in [-0.3, -0.25) is 0 Å². The average molecular weight is 517 g/mol. The smallest absolute Gasteiger partial charge is 0.209 e. The van der Waals surface area contributed by atoms with E-state index in [9.17, 15) is 0 Å². The van der Waals surface area contributed by atoms with Gasteiger partial charge in [-0.1, -0.05) is 52.6 Å². The molecule has 0 spiro atoms. The number of rotatable bonds is 12. The van der Waals surface area contributed by atoms with Crippen LogP contribution in [0.1, 0.15) is 24.5 Å². The molecule has 7 nitrogen and oxygen atoms in total. The molecular formula is C21H24Cl3N5O2S. The summed E-state index contributed by atoms with van der Waals surface area (Å²) >= 11 is 20.2. The second-order valence-electron chi connectivity index (χ2n) is 6.84. The zero-order valence-corrected chi connectivity index (χ0v) is 20.9. The topological polar surface area (TPSA) is 74.1 Å². The van der Waals surface area contributed by atoms with Gasteiger partial charge >= 0.3 is 0 Å². The number of aryl methyl sites for hydroxylation is 1. The summed E-state index contributed by atoms with van der Waals surface area (Å²) in [5, 5.41) is 17.1. The van der Waals surface area contributed by atoms with Crippen LogP contribution in [0.15, 0.2) is 35.5 Å². The number of nitrogens with zero attached hydrogens (tertiary/aromatic N) is 4. The summed E-state index contributed by atoms with van der Waals surface area (Å²) in [6.07, 6.45) is 0.981. The lowest BCUT2D eigenvalue weighted by Gasteiger charge is -2.16. The van der Waals surface area contributed by atoms with E-state index >= 15 is 0 Å². The molecule has 0 amide bonds. The van der Waals surface area contributed by atoms with Crippen molar-refractivity contribution >= 4 is 46.6 Å². The first-order chi connectivity index (χ1) is 15.5. The fourth-order valence-electron chi connectivity index (χ4n) is 2.85. The van der Waals surface area contributed by atoms with Crippen molar-refractivity contribution < 1.29 is 9.47 Å². The molecule has 0 aliphatic rings. The third-order valence-electron chi connectivity index (χ3n) is 4.38. The molecule has 0 radical (unpaired) electrons. The molecule has 2 aromatic carbocycles. The Bertz CT molecular complexity index is 1030. The summed E-state index contributed by atoms with van der Waals surface area (Å²) in [6, 6.07) is 9.22. The SMILES string of the molecule is CCOc1cc(CNCCCSc2nnnn2C)cc(Cl)c1OCc1ccc(Cl)c(Cl)c1. The Hall–Kier alpha value is -1.71. The van der Waals surface area contributed by atoms with E-state index in [4.69, 9.17) is 44.3 Å². The van der Waals surface area contributed by atoms with Gasteiger partial charge in [0.15, 0.2) is 11.5 Å². The van der Waals surface area contributed by atoms with Crippen LogP contribution in [0.4, 0.5) is 0 Å². The molecule has 0 fully saturated rings. The maximum absolute atomic E-state index is 6.52. The van der Waals surface area contributed by atoms with Gasteiger partial charge in [0.25, 0.3) is 0 Å². The van der Waals surface area contributed by atoms with E-state index in [-0.39, 0.29) is 0 Å². The fraction of sp³-hybridized carbons (Fsp3) is 0.381. The minimum Gasteiger partial charge on any atom is -0.490 e. The van der Waals surface area contributed by atoms with Gasteiger partial charge in [-0.2, -0.15) is 0 Å². The van der Waals surface area contributed by atoms with E-state index in [0.29, 0.717) is 46.3 Å². The molecule has 0 atom stereocenters. The van der Waals surface area contributed by atoms with Crippen molar-refractivity contribution in [2.75, 3.05) is 18.9 Å². The van der Waals surface area contributed by atoms with Crippen LogP contribution in [0.3, 0.4) is 0 Å². The summed E-state index contributed by atoms with van der Waals surface area (Å²) in [4.78, 5) is 0. The highest BCUT2D eigenvalue weighted by Crippen LogP contribution is 2.37. The van der Waals surface area contributed by atoms with E-state index in [1.54, 1.807) is 28.6 Å². The molecule has 1 N–H and O–H groups in total. The van der Waals surface area contributed by atoms with Crippen LogP contribution in [0, 0.1) is 0 Å². The standard InChI is InChI=1S/C21H24Cl3N5O2S/c1-3-30-19-11-15(12-25-7-4-8-32-21-26-27-28-29(21)2)10-18(24)20(19)31-13-14-5-6-16(22)17(23)9-14/h5-6,9-11,25H,3-4,7-8,12-13H2,1-2H3. The van der Waals surface area contributed by atoms with Crippen LogP contribution in [0.25, 0.3) is 0 Å². The average Bonchev–Trinajstić information content (AvgIpc) is 3.17. The van der Waals surface area contributed by atoms with Gasteiger partial charge in [0, 0.05) is 19.3 Å². The molecular weight excluding hydrogens is 493 g/mol. The second-order valence-corrected chi connectivity index (χ2v) is 9.12. The Labute approximate surface area is 206 Å². The van der Waals surface area contributed by atoms with E-state index in [0.717, 1.165) is 35.0 Å². The van der Waals surface area contributed by atoms with Gasteiger partial charge in [-0.15, -0.1) is 5.10 Å². The molecule has 32 heavy (non-hydrogen) atoms. The molecule has 0 saturated heterocycles. The van der Waals surface area contributed by atoms with Crippen LogP contribution in [-0.4, -0.2) is 39.1 Å². The lowest BCUT2D eigenvalue weighted by atomic mass is 10.2. The summed E-state index contributed by atoms with van der Waals surface area (Å²) < 4.78 is 13.4. The van der Waals surface area contributed by atoms with E-state index < -0.39 is 0 Å². The first kappa shape index (κ1) is 24.9. The Balaban J connectivity index is 1.53. The minimum atomic E-state index is 0.299. The second kappa shape index (κ2) is 12.5. The minimum absolute atomic E-state index is 0.299. The normalized spacial score (nSPS) is 11.0. The molecule has 0 unspecified atom stereocenters. The predicted molar refractivity (Wildman–Crippen MR) is 129 cm³/mol. The van der Waals surface area contributed by atoms with Crippen molar-refractivity contribution in [2.24, 2.45) is 7.05 Å². The van der Waals surface area contributed by atoms with Gasteiger partial charge < -0.3 is 14.8 Å². The third-order valence-corrected chi connectivity index (χ3v) is 6.49. The number of hydrogen-bond donors (Lipinski definition) is 1. The van der Waals surface area contributed by atoms with E-state index in [2.05, 4.69) is 20.8 Å². The molecule has 3 rings (SSSR count). The maximum atomic E-state index is 6.52. The Morgan fingerprint density at radius 1 is 1.03 bits per heavy atom. The Morgan fingerprint density at radius 2 is 1.84 bits per heavy atom. The van der Waals surface area contributed by atoms with E-state index in [1.165, 1.54) is 0 Å². The quantitative estimate of drug-likeness (QED) is 0.254. The molecule has 172 valence electrons. The number of benzene rings is 2. The van der Waals surface area contributed by atoms with Crippen molar-refractivity contribution in [3.05, 3.63) is 56.5 Å². The van der Waals surface area contributed by atoms with Crippen LogP contribution < -0.4 is 14.8 Å². The van der Waals surface area contributed by atoms with Gasteiger partial charge in [-0.25, -0.2) is 4.68 Å². The molecule has 11 heteroatoms. The Kier molecular flexibility index (Phi) is 9.74. The lowest BCUT2D eigenvalue weighted by Crippen LogP contribution is -2.15. The lowest BCUT2D eigenvalue weighted by molar-refractivity contribution is 0.269. The molecule has 1 aromatic heterocycles. The van der Waals surface area contributed by atoms with Gasteiger partial charge in [0.05, 0.1) is 21.7 Å². The molecule has 1 heterocycles. The highest BCUT2D eigenvalue weighted by Gasteiger charge is 2.13. The molecule has 3 aromatic rings. The zero-order valence-electron chi connectivity index (χ0n) is 17.8. The number of halogens is 3. The zero-order chi connectivity index (χ0) is 22.9.